The maximum atomic E-state index is 5.52. The van der Waals surface area contributed by atoms with E-state index >= 15 is 0 Å². The molecule has 0 aliphatic heterocycles. The Labute approximate surface area is 102 Å². The van der Waals surface area contributed by atoms with Gasteiger partial charge in [-0.25, -0.2) is 4.98 Å². The van der Waals surface area contributed by atoms with E-state index in [2.05, 4.69) is 27.2 Å². The molecule has 94 valence electrons. The van der Waals surface area contributed by atoms with Crippen LogP contribution in [0.3, 0.4) is 0 Å². The molecular formula is C12H21N5. The average Bonchev–Trinajstić information content (AvgIpc) is 2.82. The second-order valence-corrected chi connectivity index (χ2v) is 4.65. The number of nitrogens with two attached hydrogens (primary N) is 1. The van der Waals surface area contributed by atoms with E-state index in [4.69, 9.17) is 5.73 Å². The Morgan fingerprint density at radius 1 is 1.47 bits per heavy atom. The first kappa shape index (κ1) is 12.1. The van der Waals surface area contributed by atoms with Gasteiger partial charge in [-0.1, -0.05) is 12.8 Å². The summed E-state index contributed by atoms with van der Waals surface area (Å²) in [6.07, 6.45) is 7.12. The molecule has 0 atom stereocenters. The molecule has 0 amide bonds. The summed E-state index contributed by atoms with van der Waals surface area (Å²) in [7, 11) is 2.20. The molecule has 1 aliphatic carbocycles. The molecule has 1 heterocycles. The van der Waals surface area contributed by atoms with Crippen LogP contribution in [0.1, 0.15) is 25.7 Å². The molecule has 1 saturated carbocycles. The van der Waals surface area contributed by atoms with Crippen LogP contribution in [0.2, 0.25) is 0 Å². The number of nitrogens with one attached hydrogen (secondary N) is 1. The number of rotatable bonds is 5. The first-order valence-electron chi connectivity index (χ1n) is 6.28. The van der Waals surface area contributed by atoms with Gasteiger partial charge in [0, 0.05) is 25.3 Å². The molecule has 1 aliphatic rings. The van der Waals surface area contributed by atoms with Crippen LogP contribution in [0.25, 0.3) is 0 Å². The Balaban J connectivity index is 1.71. The van der Waals surface area contributed by atoms with Crippen LogP contribution >= 0.6 is 0 Å². The molecule has 5 nitrogen and oxygen atoms in total. The van der Waals surface area contributed by atoms with Crippen molar-refractivity contribution in [2.24, 2.45) is 0 Å². The summed E-state index contributed by atoms with van der Waals surface area (Å²) in [4.78, 5) is 10.4. The monoisotopic (exact) mass is 235 g/mol. The van der Waals surface area contributed by atoms with Gasteiger partial charge < -0.3 is 16.0 Å². The van der Waals surface area contributed by atoms with Crippen molar-refractivity contribution in [3.8, 4) is 0 Å². The Morgan fingerprint density at radius 2 is 2.24 bits per heavy atom. The zero-order valence-corrected chi connectivity index (χ0v) is 10.4. The van der Waals surface area contributed by atoms with Crippen molar-refractivity contribution >= 4 is 11.8 Å². The third-order valence-corrected chi connectivity index (χ3v) is 3.39. The van der Waals surface area contributed by atoms with Crippen LogP contribution in [0.4, 0.5) is 11.8 Å². The van der Waals surface area contributed by atoms with Gasteiger partial charge in [0.2, 0.25) is 5.95 Å². The van der Waals surface area contributed by atoms with Crippen molar-refractivity contribution in [2.75, 3.05) is 31.2 Å². The highest BCUT2D eigenvalue weighted by molar-refractivity contribution is 5.37. The molecule has 5 heteroatoms. The van der Waals surface area contributed by atoms with Gasteiger partial charge in [0.15, 0.2) is 0 Å². The summed E-state index contributed by atoms with van der Waals surface area (Å²) in [6, 6.07) is 2.61. The summed E-state index contributed by atoms with van der Waals surface area (Å²) in [5.74, 6) is 1.12. The van der Waals surface area contributed by atoms with Crippen LogP contribution in [-0.4, -0.2) is 41.0 Å². The van der Waals surface area contributed by atoms with E-state index in [1.807, 2.05) is 6.07 Å². The molecule has 17 heavy (non-hydrogen) atoms. The van der Waals surface area contributed by atoms with Gasteiger partial charge >= 0.3 is 0 Å². The summed E-state index contributed by atoms with van der Waals surface area (Å²) < 4.78 is 0. The number of nitrogen functional groups attached to an aromatic ring is 1. The normalized spacial score (nSPS) is 16.6. The molecule has 0 aromatic carbocycles. The van der Waals surface area contributed by atoms with E-state index in [1.54, 1.807) is 6.20 Å². The van der Waals surface area contributed by atoms with E-state index in [1.165, 1.54) is 25.7 Å². The molecule has 1 aromatic heterocycles. The van der Waals surface area contributed by atoms with E-state index in [0.29, 0.717) is 5.95 Å². The van der Waals surface area contributed by atoms with E-state index < -0.39 is 0 Å². The van der Waals surface area contributed by atoms with Crippen LogP contribution < -0.4 is 11.1 Å². The average molecular weight is 235 g/mol. The van der Waals surface area contributed by atoms with Crippen molar-refractivity contribution in [1.82, 2.24) is 14.9 Å². The van der Waals surface area contributed by atoms with Crippen LogP contribution in [0, 0.1) is 0 Å². The van der Waals surface area contributed by atoms with Crippen molar-refractivity contribution < 1.29 is 0 Å². The summed E-state index contributed by atoms with van der Waals surface area (Å²) >= 11 is 0. The van der Waals surface area contributed by atoms with Crippen LogP contribution in [0.15, 0.2) is 12.3 Å². The van der Waals surface area contributed by atoms with E-state index in [0.717, 1.165) is 24.9 Å². The summed E-state index contributed by atoms with van der Waals surface area (Å²) in [5, 5.41) is 3.27. The first-order valence-corrected chi connectivity index (χ1v) is 6.28. The SMILES string of the molecule is CN(CCNc1ccnc(N)n1)C1CCCC1. The molecule has 1 aromatic rings. The van der Waals surface area contributed by atoms with Gasteiger partial charge in [0.05, 0.1) is 0 Å². The number of hydrogen-bond acceptors (Lipinski definition) is 5. The van der Waals surface area contributed by atoms with Gasteiger partial charge in [-0.2, -0.15) is 4.98 Å². The molecule has 2 rings (SSSR count). The highest BCUT2D eigenvalue weighted by Gasteiger charge is 2.18. The lowest BCUT2D eigenvalue weighted by atomic mass is 10.2. The minimum absolute atomic E-state index is 0.319. The highest BCUT2D eigenvalue weighted by atomic mass is 15.2. The van der Waals surface area contributed by atoms with E-state index in [9.17, 15) is 0 Å². The third-order valence-electron chi connectivity index (χ3n) is 3.39. The molecule has 0 radical (unpaired) electrons. The molecule has 1 fully saturated rings. The lowest BCUT2D eigenvalue weighted by Gasteiger charge is -2.23. The second kappa shape index (κ2) is 5.82. The van der Waals surface area contributed by atoms with E-state index in [-0.39, 0.29) is 0 Å². The van der Waals surface area contributed by atoms with Crippen molar-refractivity contribution in [2.45, 2.75) is 31.7 Å². The topological polar surface area (TPSA) is 67.1 Å². The zero-order chi connectivity index (χ0) is 12.1. The molecule has 3 N–H and O–H groups in total. The standard InChI is InChI=1S/C12H21N5/c1-17(10-4-2-3-5-10)9-8-14-11-6-7-15-12(13)16-11/h6-7,10H,2-5,8-9H2,1H3,(H3,13,14,15,16). The van der Waals surface area contributed by atoms with Gasteiger partial charge in [0.25, 0.3) is 0 Å². The zero-order valence-electron chi connectivity index (χ0n) is 10.4. The fraction of sp³-hybridized carbons (Fsp3) is 0.667. The number of anilines is 2. The third kappa shape index (κ3) is 3.56. The Kier molecular flexibility index (Phi) is 4.14. The Morgan fingerprint density at radius 3 is 2.94 bits per heavy atom. The maximum absolute atomic E-state index is 5.52. The smallest absolute Gasteiger partial charge is 0.221 e. The predicted octanol–water partition coefficient (Wildman–Crippen LogP) is 1.35. The molecule has 0 spiro atoms. The fourth-order valence-corrected chi connectivity index (χ4v) is 2.36. The number of hydrogen-bond donors (Lipinski definition) is 2. The minimum atomic E-state index is 0.319. The predicted molar refractivity (Wildman–Crippen MR) is 69.8 cm³/mol. The number of nitrogens with zero attached hydrogens (tertiary/aromatic N) is 3. The summed E-state index contributed by atoms with van der Waals surface area (Å²) in [5.41, 5.74) is 5.52. The highest BCUT2D eigenvalue weighted by Crippen LogP contribution is 2.21. The quantitative estimate of drug-likeness (QED) is 0.806. The molecule has 0 bridgehead atoms. The van der Waals surface area contributed by atoms with Gasteiger partial charge in [-0.3, -0.25) is 0 Å². The van der Waals surface area contributed by atoms with Crippen molar-refractivity contribution in [3.05, 3.63) is 12.3 Å². The minimum Gasteiger partial charge on any atom is -0.369 e. The number of likely N-dealkylation sites (N-methyl/N-ethyl adjacent to an activating group) is 1. The Hall–Kier alpha value is -1.36. The molecular weight excluding hydrogens is 214 g/mol. The maximum Gasteiger partial charge on any atom is 0.221 e. The summed E-state index contributed by atoms with van der Waals surface area (Å²) in [6.45, 7) is 1.93. The van der Waals surface area contributed by atoms with Crippen molar-refractivity contribution in [1.29, 1.82) is 0 Å². The van der Waals surface area contributed by atoms with Gasteiger partial charge in [-0.15, -0.1) is 0 Å². The lowest BCUT2D eigenvalue weighted by Crippen LogP contribution is -2.33. The lowest BCUT2D eigenvalue weighted by molar-refractivity contribution is 0.254. The van der Waals surface area contributed by atoms with Crippen LogP contribution in [0.5, 0.6) is 0 Å². The Bertz CT molecular complexity index is 349. The first-order chi connectivity index (χ1) is 8.25. The second-order valence-electron chi connectivity index (χ2n) is 4.65. The molecule has 0 saturated heterocycles. The largest absolute Gasteiger partial charge is 0.369 e. The molecule has 0 unspecified atom stereocenters. The van der Waals surface area contributed by atoms with Crippen molar-refractivity contribution in [3.63, 3.8) is 0 Å². The number of aromatic nitrogens is 2. The van der Waals surface area contributed by atoms with Gasteiger partial charge in [0.1, 0.15) is 5.82 Å². The fourth-order valence-electron chi connectivity index (χ4n) is 2.36. The van der Waals surface area contributed by atoms with Gasteiger partial charge in [-0.05, 0) is 26.0 Å². The van der Waals surface area contributed by atoms with Crippen LogP contribution in [-0.2, 0) is 0 Å².